The van der Waals surface area contributed by atoms with E-state index in [0.717, 1.165) is 27.7 Å². The summed E-state index contributed by atoms with van der Waals surface area (Å²) in [7, 11) is 4.70. The molecule has 1 amide bonds. The number of aromatic nitrogens is 1. The highest BCUT2D eigenvalue weighted by Crippen LogP contribution is 2.47. The number of para-hydroxylation sites is 1. The van der Waals surface area contributed by atoms with Gasteiger partial charge in [-0.1, -0.05) is 18.2 Å². The molecule has 154 valence electrons. The van der Waals surface area contributed by atoms with Crippen molar-refractivity contribution >= 4 is 34.1 Å². The average molecular weight is 423 g/mol. The largest absolute Gasteiger partial charge is 0.502 e. The molecule has 1 aromatic heterocycles. The third-order valence-electron chi connectivity index (χ3n) is 6.07. The molecular formula is C22H21N3O4S. The van der Waals surface area contributed by atoms with E-state index in [9.17, 15) is 9.90 Å². The van der Waals surface area contributed by atoms with Crippen LogP contribution in [0.1, 0.15) is 22.9 Å². The Morgan fingerprint density at radius 2 is 1.83 bits per heavy atom. The lowest BCUT2D eigenvalue weighted by molar-refractivity contribution is -0.127. The predicted molar refractivity (Wildman–Crippen MR) is 116 cm³/mol. The molecule has 0 aliphatic carbocycles. The van der Waals surface area contributed by atoms with Crippen LogP contribution in [-0.2, 0) is 11.2 Å². The van der Waals surface area contributed by atoms with Crippen LogP contribution in [0, 0.1) is 0 Å². The molecule has 0 saturated carbocycles. The second-order valence-electron chi connectivity index (χ2n) is 7.55. The minimum absolute atomic E-state index is 0.0151. The van der Waals surface area contributed by atoms with Crippen molar-refractivity contribution in [2.45, 2.75) is 18.5 Å². The Balaban J connectivity index is 1.79. The van der Waals surface area contributed by atoms with Crippen molar-refractivity contribution in [2.24, 2.45) is 0 Å². The quantitative estimate of drug-likeness (QED) is 0.631. The first-order valence-electron chi connectivity index (χ1n) is 9.60. The molecule has 1 saturated heterocycles. The average Bonchev–Trinajstić information content (AvgIpc) is 3.23. The van der Waals surface area contributed by atoms with Gasteiger partial charge in [0.15, 0.2) is 16.6 Å². The van der Waals surface area contributed by atoms with E-state index in [-0.39, 0.29) is 23.7 Å². The summed E-state index contributed by atoms with van der Waals surface area (Å²) in [6.07, 6.45) is 0.575. The highest BCUT2D eigenvalue weighted by molar-refractivity contribution is 7.80. The van der Waals surface area contributed by atoms with Gasteiger partial charge in [0.25, 0.3) is 5.91 Å². The maximum Gasteiger partial charge on any atom is 0.251 e. The van der Waals surface area contributed by atoms with Gasteiger partial charge in [0.1, 0.15) is 6.04 Å². The smallest absolute Gasteiger partial charge is 0.251 e. The lowest BCUT2D eigenvalue weighted by Crippen LogP contribution is -2.44. The number of ether oxygens (including phenoxy) is 2. The summed E-state index contributed by atoms with van der Waals surface area (Å²) in [5.74, 6) is 0.520. The zero-order valence-corrected chi connectivity index (χ0v) is 17.6. The summed E-state index contributed by atoms with van der Waals surface area (Å²) < 4.78 is 10.8. The summed E-state index contributed by atoms with van der Waals surface area (Å²) in [6, 6.07) is 10.9. The molecule has 2 aliphatic heterocycles. The number of benzene rings is 2. The first-order chi connectivity index (χ1) is 14.5. The summed E-state index contributed by atoms with van der Waals surface area (Å²) in [5.41, 5.74) is 3.91. The summed E-state index contributed by atoms with van der Waals surface area (Å²) in [6.45, 7) is 0. The molecular weight excluding hydrogens is 402 g/mol. The Hall–Kier alpha value is -3.26. The Kier molecular flexibility index (Phi) is 4.14. The molecule has 30 heavy (non-hydrogen) atoms. The first kappa shape index (κ1) is 18.7. The number of aromatic amines is 1. The fraction of sp³-hybridized carbons (Fsp3) is 0.273. The van der Waals surface area contributed by atoms with Gasteiger partial charge in [0.2, 0.25) is 5.75 Å². The van der Waals surface area contributed by atoms with Gasteiger partial charge in [-0.2, -0.15) is 0 Å². The molecule has 3 aromatic rings. The molecule has 2 unspecified atom stereocenters. The standard InChI is InChI=1S/C22H21N3O4S/c1-24-21(27)15-10-13-12-6-4-5-7-14(12)23-18(13)19(25(15)22(24)30)11-8-16(28-2)20(26)17(9-11)29-3/h4-9,15,19,23,26H,10H2,1-3H3. The predicted octanol–water partition coefficient (Wildman–Crippen LogP) is 2.96. The molecule has 8 heteroatoms. The number of hydrogen-bond acceptors (Lipinski definition) is 5. The fourth-order valence-corrected chi connectivity index (χ4v) is 4.95. The molecule has 5 rings (SSSR count). The topological polar surface area (TPSA) is 78.0 Å². The lowest BCUT2D eigenvalue weighted by atomic mass is 9.88. The summed E-state index contributed by atoms with van der Waals surface area (Å²) >= 11 is 5.66. The van der Waals surface area contributed by atoms with Gasteiger partial charge in [-0.3, -0.25) is 9.69 Å². The normalized spacial score (nSPS) is 20.5. The van der Waals surface area contributed by atoms with Crippen LogP contribution in [0.2, 0.25) is 0 Å². The van der Waals surface area contributed by atoms with Gasteiger partial charge in [-0.25, -0.2) is 0 Å². The van der Waals surface area contributed by atoms with Crippen molar-refractivity contribution in [3.05, 3.63) is 53.2 Å². The number of hydrogen-bond donors (Lipinski definition) is 2. The van der Waals surface area contributed by atoms with Crippen molar-refractivity contribution in [1.29, 1.82) is 0 Å². The number of phenols is 1. The molecule has 3 heterocycles. The Morgan fingerprint density at radius 3 is 2.50 bits per heavy atom. The number of aromatic hydroxyl groups is 1. The highest BCUT2D eigenvalue weighted by Gasteiger charge is 2.49. The van der Waals surface area contributed by atoms with E-state index in [2.05, 4.69) is 11.1 Å². The first-order valence-corrected chi connectivity index (χ1v) is 10.0. The third-order valence-corrected chi connectivity index (χ3v) is 6.56. The van der Waals surface area contributed by atoms with Crippen LogP contribution in [0.3, 0.4) is 0 Å². The summed E-state index contributed by atoms with van der Waals surface area (Å²) in [5, 5.41) is 12.0. The van der Waals surface area contributed by atoms with E-state index in [4.69, 9.17) is 21.7 Å². The van der Waals surface area contributed by atoms with E-state index in [0.29, 0.717) is 23.0 Å². The Bertz CT molecular complexity index is 1180. The van der Waals surface area contributed by atoms with Crippen LogP contribution in [0.25, 0.3) is 10.9 Å². The fourth-order valence-electron chi connectivity index (χ4n) is 4.62. The zero-order valence-electron chi connectivity index (χ0n) is 16.8. The number of fused-ring (bicyclic) bond motifs is 4. The van der Waals surface area contributed by atoms with Crippen LogP contribution < -0.4 is 9.47 Å². The molecule has 2 aliphatic rings. The van der Waals surface area contributed by atoms with Crippen molar-refractivity contribution in [3.8, 4) is 17.2 Å². The van der Waals surface area contributed by atoms with Crippen LogP contribution in [0.5, 0.6) is 17.2 Å². The zero-order chi connectivity index (χ0) is 21.2. The maximum atomic E-state index is 13.0. The number of amides is 1. The number of H-pyrrole nitrogens is 1. The monoisotopic (exact) mass is 423 g/mol. The number of likely N-dealkylation sites (N-methyl/N-ethyl adjacent to an activating group) is 1. The Morgan fingerprint density at radius 1 is 1.17 bits per heavy atom. The van der Waals surface area contributed by atoms with E-state index in [1.54, 1.807) is 19.2 Å². The molecule has 2 aromatic carbocycles. The van der Waals surface area contributed by atoms with Gasteiger partial charge >= 0.3 is 0 Å². The van der Waals surface area contributed by atoms with Crippen molar-refractivity contribution < 1.29 is 19.4 Å². The summed E-state index contributed by atoms with van der Waals surface area (Å²) in [4.78, 5) is 20.0. The number of carbonyl (C=O) groups excluding carboxylic acids is 1. The molecule has 0 radical (unpaired) electrons. The van der Waals surface area contributed by atoms with Gasteiger partial charge < -0.3 is 24.5 Å². The minimum Gasteiger partial charge on any atom is -0.502 e. The van der Waals surface area contributed by atoms with E-state index < -0.39 is 0 Å². The van der Waals surface area contributed by atoms with Gasteiger partial charge in [-0.15, -0.1) is 0 Å². The van der Waals surface area contributed by atoms with Crippen LogP contribution in [0.4, 0.5) is 0 Å². The van der Waals surface area contributed by atoms with Crippen LogP contribution in [0.15, 0.2) is 36.4 Å². The highest BCUT2D eigenvalue weighted by atomic mass is 32.1. The minimum atomic E-state index is -0.384. The molecule has 7 nitrogen and oxygen atoms in total. The number of nitrogens with one attached hydrogen (secondary N) is 1. The number of phenolic OH excluding ortho intramolecular Hbond substituents is 1. The second-order valence-corrected chi connectivity index (χ2v) is 7.91. The van der Waals surface area contributed by atoms with Crippen LogP contribution >= 0.6 is 12.2 Å². The molecule has 1 fully saturated rings. The van der Waals surface area contributed by atoms with Gasteiger partial charge in [0.05, 0.1) is 20.3 Å². The number of methoxy groups -OCH3 is 2. The second kappa shape index (κ2) is 6.63. The number of carbonyl (C=O) groups is 1. The van der Waals surface area contributed by atoms with Gasteiger partial charge in [-0.05, 0) is 41.5 Å². The SMILES string of the molecule is COc1cc(C2c3[nH]c4ccccc4c3CC3C(=O)N(C)C(=S)N32)cc(OC)c1O. The van der Waals surface area contributed by atoms with E-state index >= 15 is 0 Å². The lowest BCUT2D eigenvalue weighted by Gasteiger charge is -2.37. The van der Waals surface area contributed by atoms with Crippen molar-refractivity contribution in [1.82, 2.24) is 14.8 Å². The van der Waals surface area contributed by atoms with Crippen LogP contribution in [-0.4, -0.2) is 58.2 Å². The molecule has 2 atom stereocenters. The van der Waals surface area contributed by atoms with E-state index in [1.807, 2.05) is 23.1 Å². The number of rotatable bonds is 3. The maximum absolute atomic E-state index is 13.0. The number of nitrogens with zero attached hydrogens (tertiary/aromatic N) is 2. The molecule has 2 N–H and O–H groups in total. The Labute approximate surface area is 178 Å². The van der Waals surface area contributed by atoms with E-state index in [1.165, 1.54) is 19.1 Å². The van der Waals surface area contributed by atoms with Gasteiger partial charge in [0, 0.05) is 30.1 Å². The number of thiocarbonyl (C=S) groups is 1. The molecule has 0 spiro atoms. The third kappa shape index (κ3) is 2.43. The molecule has 0 bridgehead atoms. The van der Waals surface area contributed by atoms with Crippen molar-refractivity contribution in [3.63, 3.8) is 0 Å². The van der Waals surface area contributed by atoms with Crippen molar-refractivity contribution in [2.75, 3.05) is 21.3 Å².